The molecule has 8 heteroatoms. The number of nitrogens with two attached hydrogens (primary N) is 1. The summed E-state index contributed by atoms with van der Waals surface area (Å²) in [5, 5.41) is 0. The molecule has 1 amide bonds. The molecule has 0 radical (unpaired) electrons. The van der Waals surface area contributed by atoms with Crippen molar-refractivity contribution in [1.29, 1.82) is 0 Å². The van der Waals surface area contributed by atoms with Gasteiger partial charge in [0.05, 0.1) is 4.47 Å². The molecular formula is C8H6BrF3N2O2. The molecule has 16 heavy (non-hydrogen) atoms. The molecule has 0 atom stereocenters. The van der Waals surface area contributed by atoms with Crippen molar-refractivity contribution in [2.45, 2.75) is 6.11 Å². The summed E-state index contributed by atoms with van der Waals surface area (Å²) >= 11 is 2.81. The van der Waals surface area contributed by atoms with Crippen LogP contribution >= 0.6 is 15.9 Å². The number of carbonyl (C=O) groups excluding carboxylic acids is 1. The first-order valence-electron chi connectivity index (χ1n) is 3.90. The predicted octanol–water partition coefficient (Wildman–Crippen LogP) is 1.55. The lowest BCUT2D eigenvalue weighted by Gasteiger charge is -2.16. The van der Waals surface area contributed by atoms with Gasteiger partial charge in [0.2, 0.25) is 0 Å². The molecule has 88 valence electrons. The monoisotopic (exact) mass is 298 g/mol. The molecule has 1 aromatic carbocycles. The van der Waals surface area contributed by atoms with E-state index >= 15 is 0 Å². The van der Waals surface area contributed by atoms with Crippen LogP contribution < -0.4 is 16.0 Å². The fourth-order valence-corrected chi connectivity index (χ4v) is 1.26. The number of carbonyl (C=O) groups is 1. The van der Waals surface area contributed by atoms with Crippen LogP contribution in [-0.2, 0) is 4.79 Å². The van der Waals surface area contributed by atoms with E-state index in [1.165, 1.54) is 5.43 Å². The molecule has 0 aliphatic heterocycles. The fourth-order valence-electron chi connectivity index (χ4n) is 0.826. The largest absolute Gasteiger partial charge is 0.483 e. The van der Waals surface area contributed by atoms with Crippen molar-refractivity contribution in [2.24, 2.45) is 5.84 Å². The molecule has 0 fully saturated rings. The maximum absolute atomic E-state index is 13.0. The van der Waals surface area contributed by atoms with Crippen LogP contribution in [0, 0.1) is 5.82 Å². The van der Waals surface area contributed by atoms with Crippen LogP contribution in [0.25, 0.3) is 0 Å². The van der Waals surface area contributed by atoms with E-state index in [2.05, 4.69) is 26.5 Å². The van der Waals surface area contributed by atoms with Crippen molar-refractivity contribution in [3.05, 3.63) is 28.5 Å². The number of ether oxygens (including phenoxy) is 1. The van der Waals surface area contributed by atoms with Crippen LogP contribution in [0.3, 0.4) is 0 Å². The van der Waals surface area contributed by atoms with E-state index < -0.39 is 17.8 Å². The lowest BCUT2D eigenvalue weighted by atomic mass is 10.3. The van der Waals surface area contributed by atoms with Gasteiger partial charge >= 0.3 is 12.0 Å². The summed E-state index contributed by atoms with van der Waals surface area (Å²) in [6, 6.07) is 2.79. The molecule has 4 nitrogen and oxygen atoms in total. The zero-order valence-corrected chi connectivity index (χ0v) is 9.22. The van der Waals surface area contributed by atoms with Gasteiger partial charge in [-0.25, -0.2) is 10.2 Å². The molecule has 0 unspecified atom stereocenters. The highest BCUT2D eigenvalue weighted by Gasteiger charge is 2.42. The Hall–Kier alpha value is -1.28. The SMILES string of the molecule is NNC(=O)C(F)(F)Oc1ccc(F)cc1Br. The first kappa shape index (κ1) is 12.8. The number of hydrogen-bond acceptors (Lipinski definition) is 3. The second-order valence-corrected chi connectivity index (χ2v) is 3.52. The molecule has 0 saturated heterocycles. The predicted molar refractivity (Wildman–Crippen MR) is 52.0 cm³/mol. The highest BCUT2D eigenvalue weighted by atomic mass is 79.9. The van der Waals surface area contributed by atoms with E-state index in [1.807, 2.05) is 0 Å². The third-order valence-electron chi connectivity index (χ3n) is 1.53. The van der Waals surface area contributed by atoms with Gasteiger partial charge in [0.1, 0.15) is 11.6 Å². The molecule has 0 aromatic heterocycles. The minimum absolute atomic E-state index is 0.0444. The van der Waals surface area contributed by atoms with Gasteiger partial charge < -0.3 is 4.74 Å². The highest BCUT2D eigenvalue weighted by Crippen LogP contribution is 2.30. The summed E-state index contributed by atoms with van der Waals surface area (Å²) in [7, 11) is 0. The van der Waals surface area contributed by atoms with Crippen LogP contribution in [-0.4, -0.2) is 12.0 Å². The summed E-state index contributed by atoms with van der Waals surface area (Å²) in [5.41, 5.74) is 1.25. The molecule has 1 rings (SSSR count). The maximum atomic E-state index is 13.0. The molecule has 0 aliphatic carbocycles. The Morgan fingerprint density at radius 3 is 2.62 bits per heavy atom. The molecule has 3 N–H and O–H groups in total. The Balaban J connectivity index is 2.92. The highest BCUT2D eigenvalue weighted by molar-refractivity contribution is 9.10. The quantitative estimate of drug-likeness (QED) is 0.505. The van der Waals surface area contributed by atoms with Gasteiger partial charge in [0, 0.05) is 0 Å². The molecule has 0 aliphatic rings. The number of hydrazine groups is 1. The Bertz CT molecular complexity index is 414. The second kappa shape index (κ2) is 4.71. The van der Waals surface area contributed by atoms with Gasteiger partial charge in [-0.1, -0.05) is 0 Å². The van der Waals surface area contributed by atoms with Crippen LogP contribution in [0.4, 0.5) is 13.2 Å². The first-order valence-corrected chi connectivity index (χ1v) is 4.69. The normalized spacial score (nSPS) is 11.1. The Morgan fingerprint density at radius 1 is 1.50 bits per heavy atom. The van der Waals surface area contributed by atoms with Gasteiger partial charge in [0.25, 0.3) is 0 Å². The third-order valence-corrected chi connectivity index (χ3v) is 2.15. The van der Waals surface area contributed by atoms with Gasteiger partial charge in [-0.2, -0.15) is 8.78 Å². The number of hydrogen-bond donors (Lipinski definition) is 2. The molecule has 1 aromatic rings. The second-order valence-electron chi connectivity index (χ2n) is 2.67. The fraction of sp³-hybridized carbons (Fsp3) is 0.125. The molecule has 0 bridgehead atoms. The van der Waals surface area contributed by atoms with Crippen LogP contribution in [0.15, 0.2) is 22.7 Å². The number of alkyl halides is 2. The van der Waals surface area contributed by atoms with E-state index in [9.17, 15) is 18.0 Å². The zero-order valence-electron chi connectivity index (χ0n) is 7.64. The van der Waals surface area contributed by atoms with Crippen molar-refractivity contribution >= 4 is 21.8 Å². The maximum Gasteiger partial charge on any atom is 0.483 e. The summed E-state index contributed by atoms with van der Waals surface area (Å²) in [6.07, 6.45) is -4.13. The van der Waals surface area contributed by atoms with Crippen molar-refractivity contribution in [3.63, 3.8) is 0 Å². The molecule has 0 spiro atoms. The van der Waals surface area contributed by atoms with E-state index in [4.69, 9.17) is 0 Å². The van der Waals surface area contributed by atoms with Gasteiger partial charge in [-0.3, -0.25) is 10.2 Å². The summed E-state index contributed by atoms with van der Waals surface area (Å²) < 4.78 is 42.6. The lowest BCUT2D eigenvalue weighted by Crippen LogP contribution is -2.47. The molecule has 0 heterocycles. The van der Waals surface area contributed by atoms with Gasteiger partial charge in [-0.05, 0) is 34.1 Å². The Morgan fingerprint density at radius 2 is 2.12 bits per heavy atom. The average molecular weight is 299 g/mol. The number of benzene rings is 1. The minimum atomic E-state index is -4.13. The number of halogens is 4. The average Bonchev–Trinajstić information content (AvgIpc) is 2.21. The number of nitrogens with one attached hydrogen (secondary N) is 1. The van der Waals surface area contributed by atoms with E-state index in [0.29, 0.717) is 0 Å². The van der Waals surface area contributed by atoms with Crippen molar-refractivity contribution in [3.8, 4) is 5.75 Å². The first-order chi connectivity index (χ1) is 7.36. The number of rotatable bonds is 3. The smallest absolute Gasteiger partial charge is 0.424 e. The van der Waals surface area contributed by atoms with Crippen LogP contribution in [0.5, 0.6) is 5.75 Å². The van der Waals surface area contributed by atoms with E-state index in [-0.39, 0.29) is 10.2 Å². The van der Waals surface area contributed by atoms with E-state index in [1.54, 1.807) is 0 Å². The van der Waals surface area contributed by atoms with Crippen molar-refractivity contribution < 1.29 is 22.7 Å². The molecular weight excluding hydrogens is 293 g/mol. The Labute approximate surface area is 96.7 Å². The summed E-state index contributed by atoms with van der Waals surface area (Å²) in [6.45, 7) is 0. The molecule has 0 saturated carbocycles. The zero-order chi connectivity index (χ0) is 12.3. The topological polar surface area (TPSA) is 64.3 Å². The lowest BCUT2D eigenvalue weighted by molar-refractivity contribution is -0.193. The minimum Gasteiger partial charge on any atom is -0.424 e. The van der Waals surface area contributed by atoms with Gasteiger partial charge in [0.15, 0.2) is 0 Å². The third kappa shape index (κ3) is 2.86. The Kier molecular flexibility index (Phi) is 3.76. The van der Waals surface area contributed by atoms with Crippen LogP contribution in [0.1, 0.15) is 0 Å². The van der Waals surface area contributed by atoms with E-state index in [0.717, 1.165) is 18.2 Å². The standard InChI is InChI=1S/C8H6BrF3N2O2/c9-5-3-4(10)1-2-6(5)16-8(11,12)7(15)14-13/h1-3H,13H2,(H,14,15). The van der Waals surface area contributed by atoms with Crippen molar-refractivity contribution in [2.75, 3.05) is 0 Å². The summed E-state index contributed by atoms with van der Waals surface area (Å²) in [5.74, 6) is 1.73. The van der Waals surface area contributed by atoms with Gasteiger partial charge in [-0.15, -0.1) is 0 Å². The summed E-state index contributed by atoms with van der Waals surface area (Å²) in [4.78, 5) is 10.6. The van der Waals surface area contributed by atoms with Crippen molar-refractivity contribution in [1.82, 2.24) is 5.43 Å². The number of amides is 1. The van der Waals surface area contributed by atoms with Crippen LogP contribution in [0.2, 0.25) is 0 Å².